The number of aryl methyl sites for hydroxylation is 2. The van der Waals surface area contributed by atoms with E-state index in [1.54, 1.807) is 0 Å². The van der Waals surface area contributed by atoms with E-state index < -0.39 is 0 Å². The molecule has 3 nitrogen and oxygen atoms in total. The highest BCUT2D eigenvalue weighted by Crippen LogP contribution is 2.21. The summed E-state index contributed by atoms with van der Waals surface area (Å²) < 4.78 is 0. The van der Waals surface area contributed by atoms with E-state index in [1.165, 1.54) is 0 Å². The van der Waals surface area contributed by atoms with Crippen LogP contribution in [0, 0.1) is 19.8 Å². The predicted molar refractivity (Wildman–Crippen MR) is 71.6 cm³/mol. The molecule has 1 aliphatic rings. The summed E-state index contributed by atoms with van der Waals surface area (Å²) in [7, 11) is 0. The lowest BCUT2D eigenvalue weighted by atomic mass is 9.96. The molecule has 1 aromatic carbocycles. The Morgan fingerprint density at radius 3 is 2.33 bits per heavy atom. The number of likely N-dealkylation sites (tertiary alicyclic amines) is 1. The number of aliphatic hydroxyl groups excluding tert-OH is 1. The minimum absolute atomic E-state index is 0.141. The quantitative estimate of drug-likeness (QED) is 0.870. The molecule has 0 aromatic heterocycles. The molecule has 0 radical (unpaired) electrons. The van der Waals surface area contributed by atoms with E-state index in [9.17, 15) is 4.79 Å². The number of hydrogen-bond acceptors (Lipinski definition) is 2. The van der Waals surface area contributed by atoms with Crippen LogP contribution in [0.2, 0.25) is 0 Å². The molecule has 1 amide bonds. The van der Waals surface area contributed by atoms with Gasteiger partial charge in [-0.15, -0.1) is 0 Å². The van der Waals surface area contributed by atoms with Crippen molar-refractivity contribution in [2.75, 3.05) is 19.7 Å². The summed E-state index contributed by atoms with van der Waals surface area (Å²) in [4.78, 5) is 14.4. The molecular weight excluding hydrogens is 226 g/mol. The van der Waals surface area contributed by atoms with E-state index in [0.29, 0.717) is 5.92 Å². The van der Waals surface area contributed by atoms with Gasteiger partial charge in [0.15, 0.2) is 0 Å². The largest absolute Gasteiger partial charge is 0.396 e. The normalized spacial score (nSPS) is 16.9. The summed E-state index contributed by atoms with van der Waals surface area (Å²) in [6, 6.07) is 5.96. The van der Waals surface area contributed by atoms with Crippen LogP contribution in [0.15, 0.2) is 18.2 Å². The van der Waals surface area contributed by atoms with Crippen LogP contribution in [0.5, 0.6) is 0 Å². The maximum atomic E-state index is 12.5. The molecule has 3 heteroatoms. The average molecular weight is 247 g/mol. The number of carbonyl (C=O) groups excluding carboxylic acids is 1. The van der Waals surface area contributed by atoms with E-state index >= 15 is 0 Å². The molecule has 1 heterocycles. The second-order valence-electron chi connectivity index (χ2n) is 5.18. The Bertz CT molecular complexity index is 414. The SMILES string of the molecule is Cc1cccc(C)c1C(=O)N1CCC(CO)CC1. The number of carbonyl (C=O) groups is 1. The second-order valence-corrected chi connectivity index (χ2v) is 5.18. The lowest BCUT2D eigenvalue weighted by Gasteiger charge is -2.31. The molecule has 2 rings (SSSR count). The van der Waals surface area contributed by atoms with Crippen LogP contribution in [-0.2, 0) is 0 Å². The van der Waals surface area contributed by atoms with Crippen molar-refractivity contribution in [3.8, 4) is 0 Å². The number of rotatable bonds is 2. The van der Waals surface area contributed by atoms with E-state index in [2.05, 4.69) is 0 Å². The lowest BCUT2D eigenvalue weighted by Crippen LogP contribution is -2.39. The second kappa shape index (κ2) is 5.53. The molecule has 0 aliphatic carbocycles. The third-order valence-electron chi connectivity index (χ3n) is 3.85. The summed E-state index contributed by atoms with van der Waals surface area (Å²) in [5.41, 5.74) is 2.94. The first kappa shape index (κ1) is 13.1. The molecule has 0 bridgehead atoms. The zero-order valence-corrected chi connectivity index (χ0v) is 11.1. The standard InChI is InChI=1S/C15H21NO2/c1-11-4-3-5-12(2)14(11)15(18)16-8-6-13(10-17)7-9-16/h3-5,13,17H,6-10H2,1-2H3. The highest BCUT2D eigenvalue weighted by atomic mass is 16.3. The number of hydrogen-bond donors (Lipinski definition) is 1. The molecule has 1 saturated heterocycles. The van der Waals surface area contributed by atoms with Gasteiger partial charge in [0, 0.05) is 25.3 Å². The Kier molecular flexibility index (Phi) is 4.02. The van der Waals surface area contributed by atoms with Gasteiger partial charge in [-0.3, -0.25) is 4.79 Å². The molecule has 0 spiro atoms. The molecule has 1 aliphatic heterocycles. The number of benzene rings is 1. The van der Waals surface area contributed by atoms with Crippen molar-refractivity contribution in [3.05, 3.63) is 34.9 Å². The Balaban J connectivity index is 2.13. The van der Waals surface area contributed by atoms with Crippen molar-refractivity contribution in [2.24, 2.45) is 5.92 Å². The van der Waals surface area contributed by atoms with Gasteiger partial charge in [-0.25, -0.2) is 0 Å². The van der Waals surface area contributed by atoms with Crippen LogP contribution < -0.4 is 0 Å². The van der Waals surface area contributed by atoms with Crippen LogP contribution in [0.1, 0.15) is 34.3 Å². The van der Waals surface area contributed by atoms with Crippen LogP contribution in [0.25, 0.3) is 0 Å². The van der Waals surface area contributed by atoms with Gasteiger partial charge in [-0.1, -0.05) is 18.2 Å². The number of amides is 1. The maximum absolute atomic E-state index is 12.5. The molecule has 0 saturated carbocycles. The summed E-state index contributed by atoms with van der Waals surface area (Å²) in [6.07, 6.45) is 1.82. The van der Waals surface area contributed by atoms with Crippen LogP contribution >= 0.6 is 0 Å². The predicted octanol–water partition coefficient (Wildman–Crippen LogP) is 2.15. The van der Waals surface area contributed by atoms with Gasteiger partial charge in [0.1, 0.15) is 0 Å². The van der Waals surface area contributed by atoms with Crippen molar-refractivity contribution in [2.45, 2.75) is 26.7 Å². The Labute approximate surface area is 108 Å². The van der Waals surface area contributed by atoms with E-state index in [-0.39, 0.29) is 12.5 Å². The van der Waals surface area contributed by atoms with Crippen molar-refractivity contribution in [3.63, 3.8) is 0 Å². The van der Waals surface area contributed by atoms with Gasteiger partial charge < -0.3 is 10.0 Å². The van der Waals surface area contributed by atoms with Gasteiger partial charge in [-0.2, -0.15) is 0 Å². The first-order chi connectivity index (χ1) is 8.63. The maximum Gasteiger partial charge on any atom is 0.254 e. The van der Waals surface area contributed by atoms with Crippen molar-refractivity contribution in [1.82, 2.24) is 4.90 Å². The van der Waals surface area contributed by atoms with E-state index in [1.807, 2.05) is 36.9 Å². The average Bonchev–Trinajstić information content (AvgIpc) is 2.38. The van der Waals surface area contributed by atoms with Gasteiger partial charge in [0.25, 0.3) is 5.91 Å². The molecule has 1 N–H and O–H groups in total. The Morgan fingerprint density at radius 2 is 1.83 bits per heavy atom. The smallest absolute Gasteiger partial charge is 0.254 e. The fourth-order valence-corrected chi connectivity index (χ4v) is 2.63. The van der Waals surface area contributed by atoms with E-state index in [0.717, 1.165) is 42.6 Å². The van der Waals surface area contributed by atoms with Gasteiger partial charge >= 0.3 is 0 Å². The summed E-state index contributed by atoms with van der Waals surface area (Å²) >= 11 is 0. The third-order valence-corrected chi connectivity index (χ3v) is 3.85. The molecular formula is C15H21NO2. The first-order valence-corrected chi connectivity index (χ1v) is 6.60. The van der Waals surface area contributed by atoms with Gasteiger partial charge in [-0.05, 0) is 43.7 Å². The third kappa shape index (κ3) is 2.56. The fraction of sp³-hybridized carbons (Fsp3) is 0.533. The van der Waals surface area contributed by atoms with Crippen molar-refractivity contribution >= 4 is 5.91 Å². The Morgan fingerprint density at radius 1 is 1.28 bits per heavy atom. The zero-order valence-electron chi connectivity index (χ0n) is 11.1. The molecule has 1 aromatic rings. The molecule has 1 fully saturated rings. The van der Waals surface area contributed by atoms with Crippen LogP contribution in [-0.4, -0.2) is 35.6 Å². The highest BCUT2D eigenvalue weighted by molar-refractivity contribution is 5.97. The van der Waals surface area contributed by atoms with Gasteiger partial charge in [0.2, 0.25) is 0 Å². The van der Waals surface area contributed by atoms with Crippen molar-refractivity contribution in [1.29, 1.82) is 0 Å². The summed E-state index contributed by atoms with van der Waals surface area (Å²) in [5, 5.41) is 9.12. The van der Waals surface area contributed by atoms with Gasteiger partial charge in [0.05, 0.1) is 0 Å². The Hall–Kier alpha value is -1.35. The highest BCUT2D eigenvalue weighted by Gasteiger charge is 2.24. The molecule has 0 atom stereocenters. The minimum Gasteiger partial charge on any atom is -0.396 e. The lowest BCUT2D eigenvalue weighted by molar-refractivity contribution is 0.0649. The molecule has 18 heavy (non-hydrogen) atoms. The number of aliphatic hydroxyl groups is 1. The zero-order chi connectivity index (χ0) is 13.1. The minimum atomic E-state index is 0.141. The fourth-order valence-electron chi connectivity index (χ4n) is 2.63. The van der Waals surface area contributed by atoms with Crippen LogP contribution in [0.4, 0.5) is 0 Å². The summed E-state index contributed by atoms with van der Waals surface area (Å²) in [6.45, 7) is 5.74. The topological polar surface area (TPSA) is 40.5 Å². The van der Waals surface area contributed by atoms with Crippen LogP contribution in [0.3, 0.4) is 0 Å². The number of piperidine rings is 1. The number of nitrogens with zero attached hydrogens (tertiary/aromatic N) is 1. The first-order valence-electron chi connectivity index (χ1n) is 6.60. The molecule has 98 valence electrons. The monoisotopic (exact) mass is 247 g/mol. The van der Waals surface area contributed by atoms with Crippen molar-refractivity contribution < 1.29 is 9.90 Å². The summed E-state index contributed by atoms with van der Waals surface area (Å²) in [5.74, 6) is 0.508. The van der Waals surface area contributed by atoms with E-state index in [4.69, 9.17) is 5.11 Å². The molecule has 0 unspecified atom stereocenters.